The molecule has 2 amide bonds. The van der Waals surface area contributed by atoms with Crippen LogP contribution in [-0.4, -0.2) is 66.3 Å². The van der Waals surface area contributed by atoms with E-state index in [1.54, 1.807) is 30.3 Å². The molecule has 13 nitrogen and oxygen atoms in total. The molecule has 14 heteroatoms. The smallest absolute Gasteiger partial charge is 0.323 e. The van der Waals surface area contributed by atoms with Crippen LogP contribution in [0.1, 0.15) is 29.3 Å². The maximum Gasteiger partial charge on any atom is 0.323 e. The summed E-state index contributed by atoms with van der Waals surface area (Å²) in [7, 11) is -1.29. The van der Waals surface area contributed by atoms with Crippen molar-refractivity contribution in [3.05, 3.63) is 102 Å². The number of Topliss-reactive ketones (excluding diaryl/α,β-unsaturated/α-hetero) is 1. The Hall–Kier alpha value is -5.34. The van der Waals surface area contributed by atoms with Crippen LogP contribution in [0, 0.1) is 6.92 Å². The Bertz CT molecular complexity index is 1800. The molecule has 4 rings (SSSR count). The van der Waals surface area contributed by atoms with Gasteiger partial charge in [-0.1, -0.05) is 24.3 Å². The number of benzene rings is 2. The van der Waals surface area contributed by atoms with Gasteiger partial charge in [0.05, 0.1) is 49.4 Å². The summed E-state index contributed by atoms with van der Waals surface area (Å²) in [5, 5.41) is 18.0. The number of pyridine rings is 2. The molecule has 1 unspecified atom stereocenters. The van der Waals surface area contributed by atoms with E-state index >= 15 is 0 Å². The molecule has 0 bridgehead atoms. The number of hydrogen-bond acceptors (Lipinski definition) is 9. The third-order valence-corrected chi connectivity index (χ3v) is 8.89. The third kappa shape index (κ3) is 8.64. The molecule has 0 fully saturated rings. The van der Waals surface area contributed by atoms with E-state index in [1.165, 1.54) is 50.9 Å². The topological polar surface area (TPSA) is 180 Å². The zero-order valence-corrected chi connectivity index (χ0v) is 26.2. The van der Waals surface area contributed by atoms with Crippen LogP contribution < -0.4 is 20.7 Å². The second kappa shape index (κ2) is 15.1. The number of ketones is 1. The first kappa shape index (κ1) is 33.6. The van der Waals surface area contributed by atoms with Gasteiger partial charge in [-0.15, -0.1) is 0 Å². The second-order valence-electron chi connectivity index (χ2n) is 10.3. The largest absolute Gasteiger partial charge is 0.495 e. The second-order valence-corrected chi connectivity index (χ2v) is 12.3. The van der Waals surface area contributed by atoms with Gasteiger partial charge in [0.25, 0.3) is 0 Å². The highest BCUT2D eigenvalue weighted by atomic mass is 32.2. The summed E-state index contributed by atoms with van der Waals surface area (Å²) in [6, 6.07) is 16.9. The Morgan fingerprint density at radius 2 is 1.74 bits per heavy atom. The molecular weight excluding hydrogens is 612 g/mol. The number of anilines is 3. The van der Waals surface area contributed by atoms with E-state index in [0.717, 1.165) is 9.87 Å². The highest BCUT2D eigenvalue weighted by molar-refractivity contribution is 7.89. The fraction of sp³-hybridized carbons (Fsp3) is 0.219. The summed E-state index contributed by atoms with van der Waals surface area (Å²) in [4.78, 5) is 44.9. The average Bonchev–Trinajstić information content (AvgIpc) is 3.04. The number of hydrogen-bond donors (Lipinski definition) is 4. The maximum absolute atomic E-state index is 13.1. The van der Waals surface area contributed by atoms with Crippen molar-refractivity contribution in [3.8, 4) is 5.75 Å². The van der Waals surface area contributed by atoms with Crippen molar-refractivity contribution in [2.24, 2.45) is 0 Å². The number of sulfonamides is 1. The van der Waals surface area contributed by atoms with Crippen LogP contribution >= 0.6 is 0 Å². The van der Waals surface area contributed by atoms with Crippen LogP contribution in [0.25, 0.3) is 0 Å². The van der Waals surface area contributed by atoms with E-state index in [2.05, 4.69) is 25.9 Å². The predicted octanol–water partition coefficient (Wildman–Crippen LogP) is 4.50. The lowest BCUT2D eigenvalue weighted by Gasteiger charge is -2.26. The first-order valence-corrected chi connectivity index (χ1v) is 15.5. The minimum absolute atomic E-state index is 0.0317. The molecular formula is C32H34N6O7S. The Morgan fingerprint density at radius 3 is 2.39 bits per heavy atom. The van der Waals surface area contributed by atoms with Crippen molar-refractivity contribution in [2.45, 2.75) is 30.7 Å². The number of aliphatic carboxylic acids is 1. The van der Waals surface area contributed by atoms with Crippen molar-refractivity contribution in [3.63, 3.8) is 0 Å². The van der Waals surface area contributed by atoms with E-state index < -0.39 is 34.5 Å². The van der Waals surface area contributed by atoms with Gasteiger partial charge >= 0.3 is 12.0 Å². The van der Waals surface area contributed by atoms with Crippen molar-refractivity contribution in [1.82, 2.24) is 14.3 Å². The Morgan fingerprint density at radius 1 is 0.978 bits per heavy atom. The van der Waals surface area contributed by atoms with Crippen molar-refractivity contribution >= 4 is 44.9 Å². The maximum atomic E-state index is 13.1. The van der Waals surface area contributed by atoms with Gasteiger partial charge in [0.15, 0.2) is 5.78 Å². The number of amides is 2. The lowest BCUT2D eigenvalue weighted by Crippen LogP contribution is -2.33. The molecule has 0 aliphatic heterocycles. The number of aryl methyl sites for hydroxylation is 1. The zero-order chi connectivity index (χ0) is 33.3. The molecule has 4 N–H and O–H groups in total. The number of urea groups is 1. The van der Waals surface area contributed by atoms with Gasteiger partial charge in [-0.2, -0.15) is 4.31 Å². The van der Waals surface area contributed by atoms with E-state index in [9.17, 15) is 27.9 Å². The molecule has 2 heterocycles. The fourth-order valence-electron chi connectivity index (χ4n) is 4.55. The van der Waals surface area contributed by atoms with E-state index in [1.807, 2.05) is 25.1 Å². The van der Waals surface area contributed by atoms with Gasteiger partial charge < -0.3 is 25.8 Å². The van der Waals surface area contributed by atoms with Crippen LogP contribution in [0.15, 0.2) is 90.2 Å². The van der Waals surface area contributed by atoms with Gasteiger partial charge in [-0.05, 0) is 60.5 Å². The quantitative estimate of drug-likeness (QED) is 0.152. The number of rotatable bonds is 14. The number of carbonyl (C=O) groups is 3. The first-order chi connectivity index (χ1) is 22.0. The number of carbonyl (C=O) groups excluding carboxylic acids is 2. The molecule has 0 saturated heterocycles. The standard InChI is InChI=1S/C32H34N6O7S/c1-21-7-4-5-9-26(21)36-32(42)37-28-12-10-22(16-30(28)45-3)15-24(39)19-34-23-11-13-27(35-18-23)29(17-31(40)41)38(2)46(43,44)25-8-6-14-33-20-25/h4-14,16,18,20,29,34H,15,17,19H2,1-3H3,(H,40,41)(H2,36,37,42). The normalized spacial score (nSPS) is 11.8. The molecule has 2 aromatic carbocycles. The summed E-state index contributed by atoms with van der Waals surface area (Å²) in [6.45, 7) is 1.86. The third-order valence-electron chi connectivity index (χ3n) is 7.04. The highest BCUT2D eigenvalue weighted by Gasteiger charge is 2.32. The number of carboxylic acid groups (broad SMARTS) is 1. The van der Waals surface area contributed by atoms with Crippen LogP contribution in [0.2, 0.25) is 0 Å². The molecule has 0 aliphatic carbocycles. The van der Waals surface area contributed by atoms with Gasteiger partial charge in [0.2, 0.25) is 10.0 Å². The Balaban J connectivity index is 1.36. The molecule has 1 atom stereocenters. The lowest BCUT2D eigenvalue weighted by atomic mass is 10.1. The molecule has 0 aliphatic rings. The number of nitrogens with one attached hydrogen (secondary N) is 3. The zero-order valence-electron chi connectivity index (χ0n) is 25.4. The monoisotopic (exact) mass is 646 g/mol. The predicted molar refractivity (Wildman–Crippen MR) is 172 cm³/mol. The number of nitrogens with zero attached hydrogens (tertiary/aromatic N) is 3. The minimum atomic E-state index is -4.05. The number of carboxylic acids is 1. The summed E-state index contributed by atoms with van der Waals surface area (Å²) in [5.41, 5.74) is 3.43. The summed E-state index contributed by atoms with van der Waals surface area (Å²) >= 11 is 0. The minimum Gasteiger partial charge on any atom is -0.495 e. The number of ether oxygens (including phenoxy) is 1. The van der Waals surface area contributed by atoms with E-state index in [0.29, 0.717) is 28.4 Å². The number of para-hydroxylation sites is 1. The molecule has 2 aromatic heterocycles. The SMILES string of the molecule is COc1cc(CC(=O)CNc2ccc(C(CC(=O)O)N(C)S(=O)(=O)c3cccnc3)nc2)ccc1NC(=O)Nc1ccccc1C. The van der Waals surface area contributed by atoms with E-state index in [4.69, 9.17) is 4.74 Å². The molecule has 0 saturated carbocycles. The molecule has 4 aromatic rings. The molecule has 0 spiro atoms. The van der Waals surface area contributed by atoms with E-state index in [-0.39, 0.29) is 29.3 Å². The van der Waals surface area contributed by atoms with Gasteiger partial charge in [-0.25, -0.2) is 13.2 Å². The highest BCUT2D eigenvalue weighted by Crippen LogP contribution is 2.29. The van der Waals surface area contributed by atoms with Crippen molar-refractivity contribution in [1.29, 1.82) is 0 Å². The summed E-state index contributed by atoms with van der Waals surface area (Å²) in [6.07, 6.45) is 3.61. The van der Waals surface area contributed by atoms with Crippen LogP contribution in [0.4, 0.5) is 21.9 Å². The van der Waals surface area contributed by atoms with Gasteiger partial charge in [0, 0.05) is 31.5 Å². The van der Waals surface area contributed by atoms with Gasteiger partial charge in [0.1, 0.15) is 10.6 Å². The molecule has 240 valence electrons. The summed E-state index contributed by atoms with van der Waals surface area (Å²) in [5.74, 6) is -0.946. The lowest BCUT2D eigenvalue weighted by molar-refractivity contribution is -0.138. The average molecular weight is 647 g/mol. The van der Waals surface area contributed by atoms with Crippen molar-refractivity contribution in [2.75, 3.05) is 36.7 Å². The first-order valence-electron chi connectivity index (χ1n) is 14.1. The molecule has 0 radical (unpaired) electrons. The van der Waals surface area contributed by atoms with Gasteiger partial charge in [-0.3, -0.25) is 19.6 Å². The molecule has 46 heavy (non-hydrogen) atoms. The Kier molecular flexibility index (Phi) is 11.0. The fourth-order valence-corrected chi connectivity index (χ4v) is 5.85. The van der Waals surface area contributed by atoms with Crippen LogP contribution in [0.5, 0.6) is 5.75 Å². The number of methoxy groups -OCH3 is 1. The van der Waals surface area contributed by atoms with Crippen molar-refractivity contribution < 1.29 is 32.6 Å². The Labute approximate surface area is 266 Å². The van der Waals surface area contributed by atoms with Crippen LogP contribution in [-0.2, 0) is 26.0 Å². The summed E-state index contributed by atoms with van der Waals surface area (Å²) < 4.78 is 32.6. The number of aromatic nitrogens is 2. The van der Waals surface area contributed by atoms with Crippen LogP contribution in [0.3, 0.4) is 0 Å².